The SMILES string of the molecule is Cc1cc(C)c(N/N=C(\C#N)C(=N)N)c(C)c1. The monoisotopic (exact) mass is 229 g/mol. The number of hydrogen-bond acceptors (Lipinski definition) is 4. The van der Waals surface area contributed by atoms with Crippen LogP contribution >= 0.6 is 0 Å². The summed E-state index contributed by atoms with van der Waals surface area (Å²) in [5.41, 5.74) is 11.9. The molecule has 0 saturated heterocycles. The van der Waals surface area contributed by atoms with Crippen LogP contribution in [0, 0.1) is 37.5 Å². The van der Waals surface area contributed by atoms with Crippen molar-refractivity contribution in [3.05, 3.63) is 28.8 Å². The van der Waals surface area contributed by atoms with Gasteiger partial charge in [-0.2, -0.15) is 10.4 Å². The van der Waals surface area contributed by atoms with E-state index in [9.17, 15) is 0 Å². The van der Waals surface area contributed by atoms with Crippen LogP contribution in [0.2, 0.25) is 0 Å². The normalized spacial score (nSPS) is 10.8. The molecule has 0 fully saturated rings. The highest BCUT2D eigenvalue weighted by atomic mass is 15.3. The summed E-state index contributed by atoms with van der Waals surface area (Å²) in [6.45, 7) is 5.93. The van der Waals surface area contributed by atoms with E-state index in [0.29, 0.717) is 0 Å². The number of nitrogens with one attached hydrogen (secondary N) is 2. The minimum Gasteiger partial charge on any atom is -0.382 e. The van der Waals surface area contributed by atoms with Crippen LogP contribution in [0.4, 0.5) is 5.69 Å². The van der Waals surface area contributed by atoms with Crippen LogP contribution in [-0.4, -0.2) is 11.5 Å². The van der Waals surface area contributed by atoms with E-state index in [1.807, 2.05) is 32.9 Å². The lowest BCUT2D eigenvalue weighted by Crippen LogP contribution is -2.22. The molecule has 1 rings (SSSR count). The lowest BCUT2D eigenvalue weighted by atomic mass is 10.1. The fourth-order valence-electron chi connectivity index (χ4n) is 1.61. The van der Waals surface area contributed by atoms with Crippen molar-refractivity contribution in [1.29, 1.82) is 10.7 Å². The maximum Gasteiger partial charge on any atom is 0.201 e. The van der Waals surface area contributed by atoms with E-state index in [1.165, 1.54) is 5.56 Å². The van der Waals surface area contributed by atoms with Crippen molar-refractivity contribution in [3.8, 4) is 6.07 Å². The molecule has 0 spiro atoms. The van der Waals surface area contributed by atoms with Crippen LogP contribution in [0.1, 0.15) is 16.7 Å². The van der Waals surface area contributed by atoms with E-state index in [0.717, 1.165) is 16.8 Å². The van der Waals surface area contributed by atoms with Crippen LogP contribution in [0.5, 0.6) is 0 Å². The number of hydrazone groups is 1. The number of hydrogen-bond donors (Lipinski definition) is 3. The Morgan fingerprint density at radius 1 is 1.35 bits per heavy atom. The van der Waals surface area contributed by atoms with E-state index in [2.05, 4.69) is 10.5 Å². The smallest absolute Gasteiger partial charge is 0.201 e. The Balaban J connectivity index is 3.05. The van der Waals surface area contributed by atoms with Gasteiger partial charge in [0.25, 0.3) is 0 Å². The molecular weight excluding hydrogens is 214 g/mol. The minimum absolute atomic E-state index is 0.121. The van der Waals surface area contributed by atoms with E-state index in [-0.39, 0.29) is 11.5 Å². The maximum atomic E-state index is 8.72. The third-order valence-corrected chi connectivity index (χ3v) is 2.32. The fourth-order valence-corrected chi connectivity index (χ4v) is 1.61. The predicted molar refractivity (Wildman–Crippen MR) is 69.2 cm³/mol. The highest BCUT2D eigenvalue weighted by Gasteiger charge is 2.05. The second-order valence-electron chi connectivity index (χ2n) is 3.87. The summed E-state index contributed by atoms with van der Waals surface area (Å²) in [6.07, 6.45) is 0. The maximum absolute atomic E-state index is 8.72. The summed E-state index contributed by atoms with van der Waals surface area (Å²) in [4.78, 5) is 0. The van der Waals surface area contributed by atoms with Crippen LogP contribution < -0.4 is 11.2 Å². The van der Waals surface area contributed by atoms with Gasteiger partial charge in [-0.1, -0.05) is 17.7 Å². The summed E-state index contributed by atoms with van der Waals surface area (Å²) in [7, 11) is 0. The molecule has 0 saturated carbocycles. The Morgan fingerprint density at radius 2 is 1.88 bits per heavy atom. The number of nitrogens with zero attached hydrogens (tertiary/aromatic N) is 2. The largest absolute Gasteiger partial charge is 0.382 e. The van der Waals surface area contributed by atoms with E-state index in [1.54, 1.807) is 6.07 Å². The first-order chi connectivity index (χ1) is 7.95. The van der Waals surface area contributed by atoms with Crippen molar-refractivity contribution in [1.82, 2.24) is 0 Å². The number of aryl methyl sites for hydroxylation is 3. The molecule has 0 atom stereocenters. The van der Waals surface area contributed by atoms with Crippen molar-refractivity contribution in [2.45, 2.75) is 20.8 Å². The Hall–Kier alpha value is -2.35. The second-order valence-corrected chi connectivity index (χ2v) is 3.87. The first-order valence-corrected chi connectivity index (χ1v) is 5.11. The van der Waals surface area contributed by atoms with Gasteiger partial charge in [0.05, 0.1) is 5.69 Å². The Bertz CT molecular complexity index is 499. The van der Waals surface area contributed by atoms with E-state index in [4.69, 9.17) is 16.4 Å². The molecule has 5 nitrogen and oxygen atoms in total. The number of rotatable bonds is 3. The van der Waals surface area contributed by atoms with Gasteiger partial charge in [-0.15, -0.1) is 0 Å². The van der Waals surface area contributed by atoms with Crippen LogP contribution in [0.15, 0.2) is 17.2 Å². The number of amidine groups is 1. The van der Waals surface area contributed by atoms with Gasteiger partial charge in [0.15, 0.2) is 5.84 Å². The summed E-state index contributed by atoms with van der Waals surface area (Å²) in [6, 6.07) is 5.80. The lowest BCUT2D eigenvalue weighted by Gasteiger charge is -2.10. The van der Waals surface area contributed by atoms with E-state index >= 15 is 0 Å². The quantitative estimate of drug-likeness (QED) is 0.419. The van der Waals surface area contributed by atoms with Gasteiger partial charge in [-0.25, -0.2) is 0 Å². The van der Waals surface area contributed by atoms with Gasteiger partial charge in [0.1, 0.15) is 6.07 Å². The predicted octanol–water partition coefficient (Wildman–Crippen LogP) is 1.84. The molecule has 5 heteroatoms. The molecule has 4 N–H and O–H groups in total. The van der Waals surface area contributed by atoms with Crippen molar-refractivity contribution in [3.63, 3.8) is 0 Å². The molecule has 0 bridgehead atoms. The third kappa shape index (κ3) is 3.05. The number of nitrogens with two attached hydrogens (primary N) is 1. The molecule has 0 radical (unpaired) electrons. The van der Waals surface area contributed by atoms with Crippen molar-refractivity contribution in [2.24, 2.45) is 10.8 Å². The molecule has 17 heavy (non-hydrogen) atoms. The minimum atomic E-state index is -0.345. The second kappa shape index (κ2) is 5.12. The van der Waals surface area contributed by atoms with Crippen molar-refractivity contribution < 1.29 is 0 Å². The van der Waals surface area contributed by atoms with Gasteiger partial charge < -0.3 is 5.73 Å². The number of anilines is 1. The van der Waals surface area contributed by atoms with Gasteiger partial charge in [0, 0.05) is 0 Å². The summed E-state index contributed by atoms with van der Waals surface area (Å²) >= 11 is 0. The van der Waals surface area contributed by atoms with Crippen molar-refractivity contribution in [2.75, 3.05) is 5.43 Å². The number of benzene rings is 1. The van der Waals surface area contributed by atoms with Gasteiger partial charge in [-0.05, 0) is 31.9 Å². The highest BCUT2D eigenvalue weighted by Crippen LogP contribution is 2.21. The zero-order chi connectivity index (χ0) is 13.0. The zero-order valence-electron chi connectivity index (χ0n) is 10.1. The summed E-state index contributed by atoms with van der Waals surface area (Å²) in [5, 5.41) is 19.7. The summed E-state index contributed by atoms with van der Waals surface area (Å²) < 4.78 is 0. The topological polar surface area (TPSA) is 98.0 Å². The first kappa shape index (κ1) is 12.7. The number of nitriles is 1. The fraction of sp³-hybridized carbons (Fsp3) is 0.250. The van der Waals surface area contributed by atoms with E-state index < -0.39 is 0 Å². The molecule has 1 aromatic carbocycles. The van der Waals surface area contributed by atoms with Crippen LogP contribution in [-0.2, 0) is 0 Å². The molecule has 0 unspecified atom stereocenters. The molecule has 1 aromatic rings. The molecule has 0 aliphatic rings. The highest BCUT2D eigenvalue weighted by molar-refractivity contribution is 6.45. The van der Waals surface area contributed by atoms with Gasteiger partial charge in [-0.3, -0.25) is 10.8 Å². The molecule has 88 valence electrons. The average molecular weight is 229 g/mol. The molecule has 0 aliphatic carbocycles. The molecule has 0 heterocycles. The molecular formula is C12H15N5. The Kier molecular flexibility index (Phi) is 3.83. The van der Waals surface area contributed by atoms with Gasteiger partial charge >= 0.3 is 0 Å². The molecule has 0 aromatic heterocycles. The lowest BCUT2D eigenvalue weighted by molar-refractivity contribution is 1.24. The standard InChI is InChI=1S/C12H15N5/c1-7-4-8(2)11(9(3)5-7)17-16-10(6-13)12(14)15/h4-5,17H,1-3H3,(H3,14,15)/b16-10+. The zero-order valence-corrected chi connectivity index (χ0v) is 10.1. The molecule has 0 amide bonds. The Labute approximate surface area is 100 Å². The summed E-state index contributed by atoms with van der Waals surface area (Å²) in [5.74, 6) is -0.345. The Morgan fingerprint density at radius 3 is 2.29 bits per heavy atom. The third-order valence-electron chi connectivity index (χ3n) is 2.32. The van der Waals surface area contributed by atoms with Crippen LogP contribution in [0.25, 0.3) is 0 Å². The first-order valence-electron chi connectivity index (χ1n) is 5.11. The van der Waals surface area contributed by atoms with Crippen molar-refractivity contribution >= 4 is 17.2 Å². The van der Waals surface area contributed by atoms with Gasteiger partial charge in [0.2, 0.25) is 5.71 Å². The van der Waals surface area contributed by atoms with Crippen LogP contribution in [0.3, 0.4) is 0 Å². The average Bonchev–Trinajstić information content (AvgIpc) is 2.21. The molecule has 0 aliphatic heterocycles.